The first-order valence-corrected chi connectivity index (χ1v) is 5.48. The third-order valence-electron chi connectivity index (χ3n) is 2.68. The Morgan fingerprint density at radius 3 is 2.65 bits per heavy atom. The minimum absolute atomic E-state index is 0.113. The lowest BCUT2D eigenvalue weighted by Gasteiger charge is -2.13. The van der Waals surface area contributed by atoms with Crippen LogP contribution in [-0.4, -0.2) is 14.8 Å². The molecule has 0 saturated heterocycles. The lowest BCUT2D eigenvalue weighted by molar-refractivity contribution is 0.587. The summed E-state index contributed by atoms with van der Waals surface area (Å²) in [5.74, 6) is 0.964. The van der Waals surface area contributed by atoms with E-state index in [-0.39, 0.29) is 11.7 Å². The highest BCUT2D eigenvalue weighted by Gasteiger charge is 2.16. The van der Waals surface area contributed by atoms with Crippen LogP contribution in [0, 0.1) is 12.7 Å². The standard InChI is InChI=1S/C12H15FN4/c1-7(2)17-8(3)15-16-12(17)9-5-4-6-10(13)11(9)14/h4-7H,14H2,1-3H3. The predicted octanol–water partition coefficient (Wildman–Crippen LogP) is 2.56. The maximum atomic E-state index is 13.4. The molecule has 2 aromatic rings. The van der Waals surface area contributed by atoms with Gasteiger partial charge in [-0.3, -0.25) is 0 Å². The van der Waals surface area contributed by atoms with Gasteiger partial charge in [0, 0.05) is 11.6 Å². The zero-order valence-corrected chi connectivity index (χ0v) is 10.1. The lowest BCUT2D eigenvalue weighted by Crippen LogP contribution is -2.07. The fraction of sp³-hybridized carbons (Fsp3) is 0.333. The monoisotopic (exact) mass is 234 g/mol. The van der Waals surface area contributed by atoms with E-state index in [1.165, 1.54) is 6.07 Å². The van der Waals surface area contributed by atoms with E-state index in [2.05, 4.69) is 10.2 Å². The topological polar surface area (TPSA) is 56.7 Å². The molecule has 0 aliphatic heterocycles. The number of hydrogen-bond donors (Lipinski definition) is 1. The third kappa shape index (κ3) is 1.88. The second-order valence-corrected chi connectivity index (χ2v) is 4.24. The first-order valence-electron chi connectivity index (χ1n) is 5.48. The summed E-state index contributed by atoms with van der Waals surface area (Å²) in [4.78, 5) is 0. The molecule has 17 heavy (non-hydrogen) atoms. The van der Waals surface area contributed by atoms with Crippen LogP contribution in [0.15, 0.2) is 18.2 Å². The van der Waals surface area contributed by atoms with Crippen LogP contribution < -0.4 is 5.73 Å². The van der Waals surface area contributed by atoms with E-state index in [1.807, 2.05) is 25.3 Å². The minimum atomic E-state index is -0.432. The summed E-state index contributed by atoms with van der Waals surface area (Å²) in [5.41, 5.74) is 6.43. The third-order valence-corrected chi connectivity index (χ3v) is 2.68. The van der Waals surface area contributed by atoms with Gasteiger partial charge in [-0.25, -0.2) is 4.39 Å². The number of nitrogens with zero attached hydrogens (tertiary/aromatic N) is 3. The predicted molar refractivity (Wildman–Crippen MR) is 65.0 cm³/mol. The van der Waals surface area contributed by atoms with Crippen molar-refractivity contribution in [2.75, 3.05) is 5.73 Å². The molecule has 0 amide bonds. The van der Waals surface area contributed by atoms with Gasteiger partial charge in [0.2, 0.25) is 0 Å². The van der Waals surface area contributed by atoms with Crippen molar-refractivity contribution in [3.8, 4) is 11.4 Å². The summed E-state index contributed by atoms with van der Waals surface area (Å²) in [7, 11) is 0. The SMILES string of the molecule is Cc1nnc(-c2cccc(F)c2N)n1C(C)C. The molecule has 0 radical (unpaired) electrons. The Balaban J connectivity index is 2.65. The molecule has 0 unspecified atom stereocenters. The second-order valence-electron chi connectivity index (χ2n) is 4.24. The van der Waals surface area contributed by atoms with Crippen molar-refractivity contribution in [3.05, 3.63) is 29.8 Å². The number of aromatic nitrogens is 3. The zero-order valence-electron chi connectivity index (χ0n) is 10.1. The van der Waals surface area contributed by atoms with Crippen molar-refractivity contribution >= 4 is 5.69 Å². The molecule has 2 N–H and O–H groups in total. The summed E-state index contributed by atoms with van der Waals surface area (Å²) in [5, 5.41) is 8.10. The van der Waals surface area contributed by atoms with Crippen molar-refractivity contribution in [2.24, 2.45) is 0 Å². The van der Waals surface area contributed by atoms with E-state index in [0.29, 0.717) is 11.4 Å². The number of para-hydroxylation sites is 1. The number of rotatable bonds is 2. The number of nitrogen functional groups attached to an aromatic ring is 1. The normalized spacial score (nSPS) is 11.1. The van der Waals surface area contributed by atoms with Crippen molar-refractivity contribution in [2.45, 2.75) is 26.8 Å². The van der Waals surface area contributed by atoms with Gasteiger partial charge in [-0.2, -0.15) is 0 Å². The van der Waals surface area contributed by atoms with Gasteiger partial charge in [0.25, 0.3) is 0 Å². The summed E-state index contributed by atoms with van der Waals surface area (Å²) < 4.78 is 15.4. The maximum Gasteiger partial charge on any atom is 0.166 e. The average molecular weight is 234 g/mol. The van der Waals surface area contributed by atoms with Gasteiger partial charge in [0.15, 0.2) is 5.82 Å². The van der Waals surface area contributed by atoms with Crippen LogP contribution in [0.3, 0.4) is 0 Å². The molecule has 5 heteroatoms. The van der Waals surface area contributed by atoms with Gasteiger partial charge in [0.05, 0.1) is 5.69 Å². The van der Waals surface area contributed by atoms with Crippen LogP contribution in [0.2, 0.25) is 0 Å². The number of aryl methyl sites for hydroxylation is 1. The molecule has 0 bridgehead atoms. The zero-order chi connectivity index (χ0) is 12.6. The lowest BCUT2D eigenvalue weighted by atomic mass is 10.1. The summed E-state index contributed by atoms with van der Waals surface area (Å²) in [6.45, 7) is 5.91. The van der Waals surface area contributed by atoms with Gasteiger partial charge in [-0.15, -0.1) is 10.2 Å². The number of nitrogens with two attached hydrogens (primary N) is 1. The van der Waals surface area contributed by atoms with Crippen LogP contribution in [0.5, 0.6) is 0 Å². The smallest absolute Gasteiger partial charge is 0.166 e. The number of hydrogen-bond acceptors (Lipinski definition) is 3. The van der Waals surface area contributed by atoms with Crippen LogP contribution in [0.1, 0.15) is 25.7 Å². The molecule has 0 spiro atoms. The van der Waals surface area contributed by atoms with Crippen LogP contribution in [-0.2, 0) is 0 Å². The minimum Gasteiger partial charge on any atom is -0.396 e. The van der Waals surface area contributed by atoms with E-state index >= 15 is 0 Å². The summed E-state index contributed by atoms with van der Waals surface area (Å²) in [6.07, 6.45) is 0. The van der Waals surface area contributed by atoms with Crippen LogP contribution >= 0.6 is 0 Å². The molecule has 4 nitrogen and oxygen atoms in total. The highest BCUT2D eigenvalue weighted by atomic mass is 19.1. The molecule has 1 aromatic heterocycles. The van der Waals surface area contributed by atoms with Gasteiger partial charge < -0.3 is 10.3 Å². The number of benzene rings is 1. The Hall–Kier alpha value is -1.91. The molecule has 0 aliphatic rings. The molecule has 0 saturated carbocycles. The van der Waals surface area contributed by atoms with Gasteiger partial charge >= 0.3 is 0 Å². The molecule has 1 aromatic carbocycles. The Labute approximate surface area is 99.3 Å². The molecule has 1 heterocycles. The Kier molecular flexibility index (Phi) is 2.83. The molecular weight excluding hydrogens is 219 g/mol. The van der Waals surface area contributed by atoms with Crippen LogP contribution in [0.25, 0.3) is 11.4 Å². The molecule has 0 fully saturated rings. The molecular formula is C12H15FN4. The second kappa shape index (κ2) is 4.16. The van der Waals surface area contributed by atoms with E-state index < -0.39 is 5.82 Å². The molecule has 90 valence electrons. The van der Waals surface area contributed by atoms with E-state index in [9.17, 15) is 4.39 Å². The Bertz CT molecular complexity index is 545. The van der Waals surface area contributed by atoms with Gasteiger partial charge in [0.1, 0.15) is 11.6 Å². The maximum absolute atomic E-state index is 13.4. The fourth-order valence-corrected chi connectivity index (χ4v) is 1.90. The first kappa shape index (κ1) is 11.6. The highest BCUT2D eigenvalue weighted by Crippen LogP contribution is 2.28. The molecule has 2 rings (SSSR count). The van der Waals surface area contributed by atoms with Crippen molar-refractivity contribution in [1.29, 1.82) is 0 Å². The van der Waals surface area contributed by atoms with Gasteiger partial charge in [-0.05, 0) is 32.9 Å². The summed E-state index contributed by atoms with van der Waals surface area (Å²) in [6, 6.07) is 4.90. The van der Waals surface area contributed by atoms with Crippen LogP contribution in [0.4, 0.5) is 10.1 Å². The molecule has 0 atom stereocenters. The molecule has 0 aliphatic carbocycles. The first-order chi connectivity index (χ1) is 8.02. The van der Waals surface area contributed by atoms with Gasteiger partial charge in [-0.1, -0.05) is 6.07 Å². The van der Waals surface area contributed by atoms with E-state index in [1.54, 1.807) is 12.1 Å². The fourth-order valence-electron chi connectivity index (χ4n) is 1.90. The quantitative estimate of drug-likeness (QED) is 0.812. The number of anilines is 1. The van der Waals surface area contributed by atoms with Crippen molar-refractivity contribution in [3.63, 3.8) is 0 Å². The number of halogens is 1. The van der Waals surface area contributed by atoms with Crippen molar-refractivity contribution in [1.82, 2.24) is 14.8 Å². The highest BCUT2D eigenvalue weighted by molar-refractivity contribution is 5.72. The van der Waals surface area contributed by atoms with E-state index in [0.717, 1.165) is 5.82 Å². The largest absolute Gasteiger partial charge is 0.396 e. The van der Waals surface area contributed by atoms with E-state index in [4.69, 9.17) is 5.73 Å². The van der Waals surface area contributed by atoms with Crippen molar-refractivity contribution < 1.29 is 4.39 Å². The Morgan fingerprint density at radius 2 is 2.00 bits per heavy atom. The summed E-state index contributed by atoms with van der Waals surface area (Å²) >= 11 is 0. The average Bonchev–Trinajstić information content (AvgIpc) is 2.64. The Morgan fingerprint density at radius 1 is 1.29 bits per heavy atom.